The van der Waals surface area contributed by atoms with Crippen LogP contribution >= 0.6 is 23.4 Å². The third-order valence-corrected chi connectivity index (χ3v) is 6.33. The fraction of sp³-hybridized carbons (Fsp3) is 0.143. The molecular weight excluding hydrogens is 392 g/mol. The molecule has 5 nitrogen and oxygen atoms in total. The molecule has 1 atom stereocenters. The fourth-order valence-corrected chi connectivity index (χ4v) is 4.81. The zero-order valence-corrected chi connectivity index (χ0v) is 16.9. The normalized spacial score (nSPS) is 15.5. The van der Waals surface area contributed by atoms with Crippen molar-refractivity contribution < 1.29 is 4.74 Å². The number of methoxy groups -OCH3 is 1. The lowest BCUT2D eigenvalue weighted by Crippen LogP contribution is -2.14. The van der Waals surface area contributed by atoms with E-state index in [9.17, 15) is 0 Å². The van der Waals surface area contributed by atoms with Crippen LogP contribution in [0.3, 0.4) is 0 Å². The van der Waals surface area contributed by atoms with E-state index < -0.39 is 0 Å². The monoisotopic (exact) mass is 408 g/mol. The number of aromatic nitrogens is 3. The topological polar surface area (TPSA) is 52.0 Å². The Bertz CT molecular complexity index is 1210. The Kier molecular flexibility index (Phi) is 4.18. The highest BCUT2D eigenvalue weighted by Gasteiger charge is 2.30. The Hall–Kier alpha value is -2.70. The molecule has 0 aliphatic carbocycles. The Morgan fingerprint density at radius 1 is 1.07 bits per heavy atom. The molecule has 7 heteroatoms. The van der Waals surface area contributed by atoms with E-state index in [0.29, 0.717) is 0 Å². The van der Waals surface area contributed by atoms with Crippen LogP contribution in [-0.4, -0.2) is 22.0 Å². The minimum atomic E-state index is -0.0450. The van der Waals surface area contributed by atoms with Crippen molar-refractivity contribution in [2.75, 3.05) is 12.5 Å². The highest BCUT2D eigenvalue weighted by Crippen LogP contribution is 2.43. The van der Waals surface area contributed by atoms with Gasteiger partial charge in [0.1, 0.15) is 11.1 Å². The molecule has 0 spiro atoms. The van der Waals surface area contributed by atoms with Crippen LogP contribution in [0.2, 0.25) is 5.02 Å². The second kappa shape index (κ2) is 6.72. The van der Waals surface area contributed by atoms with E-state index in [2.05, 4.69) is 40.7 Å². The molecule has 0 saturated carbocycles. The summed E-state index contributed by atoms with van der Waals surface area (Å²) >= 11 is 8.22. The van der Waals surface area contributed by atoms with Gasteiger partial charge < -0.3 is 10.2 Å². The predicted octanol–water partition coefficient (Wildman–Crippen LogP) is 5.42. The Morgan fingerprint density at radius 3 is 2.75 bits per heavy atom. The summed E-state index contributed by atoms with van der Waals surface area (Å²) in [7, 11) is 1.67. The smallest absolute Gasteiger partial charge is 0.212 e. The number of hydrogen-bond donors (Lipinski definition) is 1. The van der Waals surface area contributed by atoms with E-state index >= 15 is 0 Å². The van der Waals surface area contributed by atoms with Crippen molar-refractivity contribution in [2.45, 2.75) is 17.5 Å². The number of rotatable bonds is 3. The van der Waals surface area contributed by atoms with Gasteiger partial charge in [0.25, 0.3) is 0 Å². The van der Waals surface area contributed by atoms with E-state index in [0.717, 1.165) is 49.2 Å². The van der Waals surface area contributed by atoms with Crippen LogP contribution in [0.5, 0.6) is 5.75 Å². The maximum atomic E-state index is 6.62. The summed E-state index contributed by atoms with van der Waals surface area (Å²) in [5.41, 5.74) is 6.72. The van der Waals surface area contributed by atoms with Gasteiger partial charge in [0.15, 0.2) is 5.82 Å². The predicted molar refractivity (Wildman–Crippen MR) is 114 cm³/mol. The number of fused-ring (bicyclic) bond motifs is 2. The van der Waals surface area contributed by atoms with E-state index in [1.807, 2.05) is 41.1 Å². The molecule has 3 aromatic carbocycles. The molecule has 0 fully saturated rings. The van der Waals surface area contributed by atoms with Crippen molar-refractivity contribution in [1.82, 2.24) is 14.9 Å². The van der Waals surface area contributed by atoms with Gasteiger partial charge in [-0.2, -0.15) is 0 Å². The van der Waals surface area contributed by atoms with E-state index in [1.54, 1.807) is 18.9 Å². The molecule has 28 heavy (non-hydrogen) atoms. The molecule has 2 heterocycles. The first-order valence-electron chi connectivity index (χ1n) is 8.86. The van der Waals surface area contributed by atoms with Crippen LogP contribution in [0.4, 0.5) is 0 Å². The van der Waals surface area contributed by atoms with Crippen LogP contribution in [0.1, 0.15) is 16.5 Å². The largest absolute Gasteiger partial charge is 0.497 e. The highest BCUT2D eigenvalue weighted by atomic mass is 35.5. The van der Waals surface area contributed by atoms with Crippen LogP contribution < -0.4 is 10.2 Å². The molecule has 1 N–H and O–H groups in total. The van der Waals surface area contributed by atoms with Gasteiger partial charge in [0.05, 0.1) is 7.11 Å². The minimum absolute atomic E-state index is 0.0450. The molecule has 5 rings (SSSR count). The fourth-order valence-electron chi connectivity index (χ4n) is 3.44. The number of hydrogen-bond acceptors (Lipinski definition) is 5. The van der Waals surface area contributed by atoms with Gasteiger partial charge in [0, 0.05) is 16.1 Å². The van der Waals surface area contributed by atoms with Gasteiger partial charge in [-0.05, 0) is 47.5 Å². The second-order valence-corrected chi connectivity index (χ2v) is 8.15. The first kappa shape index (κ1) is 17.4. The maximum absolute atomic E-state index is 6.62. The Morgan fingerprint density at radius 2 is 1.93 bits per heavy atom. The van der Waals surface area contributed by atoms with E-state index in [4.69, 9.17) is 16.3 Å². The molecule has 4 aromatic rings. The van der Waals surface area contributed by atoms with Crippen LogP contribution in [0.25, 0.3) is 22.2 Å². The Labute approximate surface area is 171 Å². The number of thioether (sulfide) groups is 1. The summed E-state index contributed by atoms with van der Waals surface area (Å²) in [5.74, 6) is 1.63. The summed E-state index contributed by atoms with van der Waals surface area (Å²) in [5, 5.41) is 12.4. The van der Waals surface area contributed by atoms with Gasteiger partial charge in [-0.15, -0.1) is 10.2 Å². The molecule has 1 aliphatic heterocycles. The van der Waals surface area contributed by atoms with E-state index in [1.165, 1.54) is 0 Å². The average Bonchev–Trinajstić information content (AvgIpc) is 3.28. The lowest BCUT2D eigenvalue weighted by molar-refractivity contribution is 0.415. The maximum Gasteiger partial charge on any atom is 0.212 e. The number of ether oxygens (including phenoxy) is 1. The van der Waals surface area contributed by atoms with Crippen LogP contribution in [0.15, 0.2) is 59.8 Å². The summed E-state index contributed by atoms with van der Waals surface area (Å²) in [4.78, 5) is 0. The van der Waals surface area contributed by atoms with Crippen molar-refractivity contribution in [3.05, 3.63) is 70.7 Å². The average molecular weight is 409 g/mol. The van der Waals surface area contributed by atoms with E-state index in [-0.39, 0.29) is 5.37 Å². The molecule has 1 unspecified atom stereocenters. The van der Waals surface area contributed by atoms with Crippen molar-refractivity contribution in [1.29, 1.82) is 0 Å². The molecular formula is C21H17ClN4OS. The number of benzene rings is 3. The van der Waals surface area contributed by atoms with Crippen LogP contribution in [-0.2, 0) is 0 Å². The minimum Gasteiger partial charge on any atom is -0.497 e. The summed E-state index contributed by atoms with van der Waals surface area (Å²) in [6, 6.07) is 18.2. The molecule has 0 amide bonds. The van der Waals surface area contributed by atoms with Gasteiger partial charge in [-0.1, -0.05) is 53.7 Å². The molecule has 140 valence electrons. The second-order valence-electron chi connectivity index (χ2n) is 6.67. The standard InChI is InChI=1S/C21H17ClN4OS/c1-12-5-3-4-6-16(12)19-23-24-21-26(19)25-20(28-21)17-10-14-9-15(27-2)8-7-13(14)11-18(17)22/h3-11,20,25H,1-2H3. The number of halogens is 1. The first-order chi connectivity index (χ1) is 13.6. The number of nitrogens with zero attached hydrogens (tertiary/aromatic N) is 3. The number of nitrogens with one attached hydrogen (secondary N) is 1. The summed E-state index contributed by atoms with van der Waals surface area (Å²) in [6.45, 7) is 2.07. The van der Waals surface area contributed by atoms with Crippen molar-refractivity contribution in [3.63, 3.8) is 0 Å². The third-order valence-electron chi connectivity index (χ3n) is 4.93. The zero-order chi connectivity index (χ0) is 19.3. The number of aryl methyl sites for hydroxylation is 1. The highest BCUT2D eigenvalue weighted by molar-refractivity contribution is 7.99. The van der Waals surface area contributed by atoms with Gasteiger partial charge >= 0.3 is 0 Å². The van der Waals surface area contributed by atoms with Crippen molar-refractivity contribution >= 4 is 34.1 Å². The van der Waals surface area contributed by atoms with Gasteiger partial charge in [-0.25, -0.2) is 4.68 Å². The molecule has 0 saturated heterocycles. The van der Waals surface area contributed by atoms with Crippen molar-refractivity contribution in [2.24, 2.45) is 0 Å². The van der Waals surface area contributed by atoms with Crippen LogP contribution in [0, 0.1) is 6.92 Å². The molecule has 0 bridgehead atoms. The summed E-state index contributed by atoms with van der Waals surface area (Å²) in [6.07, 6.45) is 0. The lowest BCUT2D eigenvalue weighted by Gasteiger charge is -2.15. The van der Waals surface area contributed by atoms with Gasteiger partial charge in [0.2, 0.25) is 5.16 Å². The summed E-state index contributed by atoms with van der Waals surface area (Å²) < 4.78 is 7.30. The SMILES string of the molecule is COc1ccc2cc(Cl)c(C3Nn4c(nnc4-c4ccccc4C)S3)cc2c1. The zero-order valence-electron chi connectivity index (χ0n) is 15.3. The Balaban J connectivity index is 1.53. The first-order valence-corrected chi connectivity index (χ1v) is 10.1. The molecule has 1 aliphatic rings. The molecule has 1 aromatic heterocycles. The van der Waals surface area contributed by atoms with Crippen molar-refractivity contribution in [3.8, 4) is 17.1 Å². The molecule has 0 radical (unpaired) electrons. The third kappa shape index (κ3) is 2.80. The van der Waals surface area contributed by atoms with Gasteiger partial charge in [-0.3, -0.25) is 0 Å². The lowest BCUT2D eigenvalue weighted by atomic mass is 10.1. The quantitative estimate of drug-likeness (QED) is 0.490.